The van der Waals surface area contributed by atoms with E-state index in [1.165, 1.54) is 31.2 Å². The number of primary amides is 1. The van der Waals surface area contributed by atoms with E-state index in [2.05, 4.69) is 31.6 Å². The molecule has 6 amide bonds. The number of nitrogens with two attached hydrogens (primary N) is 4. The molecule has 15 N–H and O–H groups in total. The third-order valence-electron chi connectivity index (χ3n) is 9.19. The lowest BCUT2D eigenvalue weighted by molar-refractivity contribution is -0.384. The number of unbranched alkanes of at least 4 members (excludes halogenated alkanes) is 1. The summed E-state index contributed by atoms with van der Waals surface area (Å²) in [5.41, 5.74) is 21.8. The van der Waals surface area contributed by atoms with Crippen LogP contribution in [0.1, 0.15) is 84.6 Å². The third-order valence-corrected chi connectivity index (χ3v) is 9.19. The predicted molar refractivity (Wildman–Crippen MR) is 211 cm³/mol. The van der Waals surface area contributed by atoms with Crippen LogP contribution >= 0.6 is 0 Å². The molecular weight excluding hydrogens is 762 g/mol. The maximum Gasteiger partial charge on any atom is 0.326 e. The second-order valence-electron chi connectivity index (χ2n) is 13.9. The van der Waals surface area contributed by atoms with Gasteiger partial charge in [-0.3, -0.25) is 43.9 Å². The van der Waals surface area contributed by atoms with Gasteiger partial charge in [-0.25, -0.2) is 4.79 Å². The van der Waals surface area contributed by atoms with Crippen LogP contribution in [-0.4, -0.2) is 111 Å². The summed E-state index contributed by atoms with van der Waals surface area (Å²) < 4.78 is 0. The molecule has 0 unspecified atom stereocenters. The number of aliphatic carboxylic acids is 1. The van der Waals surface area contributed by atoms with E-state index in [0.29, 0.717) is 24.8 Å². The molecule has 8 atom stereocenters. The Morgan fingerprint density at radius 1 is 0.759 bits per heavy atom. The van der Waals surface area contributed by atoms with Crippen LogP contribution in [-0.2, 0) is 40.0 Å². The third kappa shape index (κ3) is 17.9. The highest BCUT2D eigenvalue weighted by atomic mass is 16.6. The van der Waals surface area contributed by atoms with Crippen LogP contribution in [0.25, 0.3) is 0 Å². The van der Waals surface area contributed by atoms with Crippen molar-refractivity contribution >= 4 is 53.1 Å². The van der Waals surface area contributed by atoms with Crippen LogP contribution in [0.15, 0.2) is 29.3 Å². The molecule has 324 valence electrons. The first kappa shape index (κ1) is 50.1. The monoisotopic (exact) mass is 821 g/mol. The van der Waals surface area contributed by atoms with E-state index in [0.717, 1.165) is 0 Å². The highest BCUT2D eigenvalue weighted by Gasteiger charge is 2.34. The maximum atomic E-state index is 14.0. The predicted octanol–water partition coefficient (Wildman–Crippen LogP) is -2.09. The molecule has 1 rings (SSSR count). The zero-order chi connectivity index (χ0) is 44.1. The number of nitrogens with one attached hydrogen (secondary N) is 5. The Morgan fingerprint density at radius 2 is 1.28 bits per heavy atom. The SMILES string of the molecule is CCCC[C@H](NC(=O)[C@@H](NC(=O)[C@@H](N)[C@@H](C)O)[C@@H](C)CC)C(=O)N[C@@H](Cc1ccc([N+](=O)[O-])cc1)C(=O)N[C@@H](CCC(N)=O)C(=O)N[C@@H](CCCN=C(N)N)C(=O)O. The number of carbonyl (C=O) groups is 7. The standard InChI is InChI=1S/C36H59N11O11/c1-5-7-9-23(43-34(54)29(19(3)6-2)46-33(53)28(38)20(4)48)30(50)45-26(18-21-11-13-22(14-12-21)47(57)58)32(52)42-24(15-16-27(37)49)31(51)44-25(35(55)56)10-8-17-41-36(39)40/h11-14,19-20,23-26,28-29,48H,5-10,15-18,38H2,1-4H3,(H2,37,49)(H,42,52)(H,43,54)(H,44,51)(H,45,50)(H,46,53)(H,55,56)(H4,39,40,41)/t19-,20+,23-,24-,25-,26-,28-,29-/m0/s1. The molecule has 22 heteroatoms. The average Bonchev–Trinajstić information content (AvgIpc) is 3.16. The van der Waals surface area contributed by atoms with E-state index >= 15 is 0 Å². The number of carboxylic acids is 1. The first-order valence-electron chi connectivity index (χ1n) is 19.0. The van der Waals surface area contributed by atoms with Gasteiger partial charge in [0.15, 0.2) is 5.96 Å². The summed E-state index contributed by atoms with van der Waals surface area (Å²) in [5, 5.41) is 43.4. The Balaban J connectivity index is 3.52. The van der Waals surface area contributed by atoms with E-state index in [1.807, 2.05) is 6.92 Å². The summed E-state index contributed by atoms with van der Waals surface area (Å²) >= 11 is 0. The van der Waals surface area contributed by atoms with Gasteiger partial charge in [-0.15, -0.1) is 0 Å². The van der Waals surface area contributed by atoms with E-state index in [-0.39, 0.29) is 50.3 Å². The fraction of sp³-hybridized carbons (Fsp3) is 0.611. The molecule has 1 aromatic carbocycles. The number of nitro benzene ring substituents is 1. The summed E-state index contributed by atoms with van der Waals surface area (Å²) in [4.78, 5) is 106. The van der Waals surface area contributed by atoms with Crippen molar-refractivity contribution in [1.29, 1.82) is 0 Å². The first-order valence-corrected chi connectivity index (χ1v) is 19.0. The summed E-state index contributed by atoms with van der Waals surface area (Å²) in [6, 6.07) is -3.14. The normalized spacial score (nSPS) is 15.1. The van der Waals surface area contributed by atoms with Crippen molar-refractivity contribution in [2.24, 2.45) is 33.8 Å². The summed E-state index contributed by atoms with van der Waals surface area (Å²) in [5.74, 6) is -7.18. The van der Waals surface area contributed by atoms with E-state index in [4.69, 9.17) is 22.9 Å². The number of aliphatic imine (C=N–C) groups is 1. The number of carbonyl (C=O) groups excluding carboxylic acids is 6. The quantitative estimate of drug-likeness (QED) is 0.0149. The zero-order valence-corrected chi connectivity index (χ0v) is 33.3. The molecule has 0 fully saturated rings. The number of nitrogens with zero attached hydrogens (tertiary/aromatic N) is 2. The molecule has 0 aromatic heterocycles. The molecule has 0 saturated carbocycles. The van der Waals surface area contributed by atoms with Crippen LogP contribution in [0.4, 0.5) is 5.69 Å². The van der Waals surface area contributed by atoms with Crippen LogP contribution in [0.5, 0.6) is 0 Å². The van der Waals surface area contributed by atoms with Gasteiger partial charge in [0, 0.05) is 31.5 Å². The van der Waals surface area contributed by atoms with Crippen LogP contribution in [0.3, 0.4) is 0 Å². The lowest BCUT2D eigenvalue weighted by Gasteiger charge is -2.29. The van der Waals surface area contributed by atoms with Gasteiger partial charge < -0.3 is 59.7 Å². The number of hydrogen-bond donors (Lipinski definition) is 11. The first-order chi connectivity index (χ1) is 27.2. The van der Waals surface area contributed by atoms with Gasteiger partial charge in [0.2, 0.25) is 35.4 Å². The number of benzene rings is 1. The van der Waals surface area contributed by atoms with Gasteiger partial charge in [-0.1, -0.05) is 52.2 Å². The molecule has 0 heterocycles. The van der Waals surface area contributed by atoms with Gasteiger partial charge >= 0.3 is 5.97 Å². The van der Waals surface area contributed by atoms with Crippen molar-refractivity contribution in [3.8, 4) is 0 Å². The Kier molecular flexibility index (Phi) is 21.9. The minimum atomic E-state index is -1.53. The van der Waals surface area contributed by atoms with Gasteiger partial charge in [-0.05, 0) is 44.1 Å². The number of aliphatic hydroxyl groups excluding tert-OH is 1. The Labute approximate surface area is 336 Å². The average molecular weight is 822 g/mol. The topological polar surface area (TPSA) is 380 Å². The lowest BCUT2D eigenvalue weighted by Crippen LogP contribution is -2.60. The van der Waals surface area contributed by atoms with Crippen molar-refractivity contribution in [1.82, 2.24) is 26.6 Å². The molecular formula is C36H59N11O11. The Hall–Kier alpha value is -5.90. The number of non-ortho nitro benzene ring substituents is 1. The minimum Gasteiger partial charge on any atom is -0.480 e. The molecule has 0 aliphatic carbocycles. The fourth-order valence-corrected chi connectivity index (χ4v) is 5.44. The van der Waals surface area contributed by atoms with Crippen molar-refractivity contribution in [2.45, 2.75) is 128 Å². The number of carboxylic acid groups (broad SMARTS) is 1. The van der Waals surface area contributed by atoms with Gasteiger partial charge in [0.05, 0.1) is 11.0 Å². The number of nitro groups is 1. The Bertz CT molecular complexity index is 1600. The van der Waals surface area contributed by atoms with E-state index < -0.39 is 101 Å². The smallest absolute Gasteiger partial charge is 0.326 e. The molecule has 0 bridgehead atoms. The van der Waals surface area contributed by atoms with Crippen LogP contribution in [0.2, 0.25) is 0 Å². The van der Waals surface area contributed by atoms with E-state index in [1.54, 1.807) is 13.8 Å². The highest BCUT2D eigenvalue weighted by Crippen LogP contribution is 2.15. The second-order valence-corrected chi connectivity index (χ2v) is 13.9. The summed E-state index contributed by atoms with van der Waals surface area (Å²) in [7, 11) is 0. The van der Waals surface area contributed by atoms with Crippen LogP contribution < -0.4 is 49.5 Å². The van der Waals surface area contributed by atoms with Crippen molar-refractivity contribution in [2.75, 3.05) is 6.54 Å². The van der Waals surface area contributed by atoms with Gasteiger partial charge in [0.25, 0.3) is 5.69 Å². The van der Waals surface area contributed by atoms with E-state index in [9.17, 15) is 53.9 Å². The molecule has 22 nitrogen and oxygen atoms in total. The molecule has 0 radical (unpaired) electrons. The molecule has 58 heavy (non-hydrogen) atoms. The zero-order valence-electron chi connectivity index (χ0n) is 33.3. The largest absolute Gasteiger partial charge is 0.480 e. The highest BCUT2D eigenvalue weighted by molar-refractivity contribution is 5.96. The molecule has 1 aromatic rings. The maximum absolute atomic E-state index is 14.0. The van der Waals surface area contributed by atoms with Gasteiger partial charge in [0.1, 0.15) is 36.3 Å². The summed E-state index contributed by atoms with van der Waals surface area (Å²) in [6.45, 7) is 6.70. The second kappa shape index (κ2) is 25.4. The van der Waals surface area contributed by atoms with Gasteiger partial charge in [-0.2, -0.15) is 0 Å². The van der Waals surface area contributed by atoms with Crippen molar-refractivity contribution in [3.63, 3.8) is 0 Å². The Morgan fingerprint density at radius 3 is 1.78 bits per heavy atom. The van der Waals surface area contributed by atoms with Crippen molar-refractivity contribution < 1.29 is 48.7 Å². The molecule has 0 aliphatic heterocycles. The number of rotatable bonds is 27. The van der Waals surface area contributed by atoms with Crippen molar-refractivity contribution in [3.05, 3.63) is 39.9 Å². The minimum absolute atomic E-state index is 0.0671. The lowest BCUT2D eigenvalue weighted by atomic mass is 9.96. The fourth-order valence-electron chi connectivity index (χ4n) is 5.44. The molecule has 0 saturated heterocycles. The number of hydrogen-bond acceptors (Lipinski definition) is 12. The summed E-state index contributed by atoms with van der Waals surface area (Å²) in [6.07, 6.45) is -0.633. The number of aliphatic hydroxyl groups is 1. The number of amides is 6. The van der Waals surface area contributed by atoms with Crippen LogP contribution in [0, 0.1) is 16.0 Å². The number of guanidine groups is 1. The molecule has 0 aliphatic rings. The molecule has 0 spiro atoms.